The van der Waals surface area contributed by atoms with Gasteiger partial charge in [0.25, 0.3) is 0 Å². The van der Waals surface area contributed by atoms with E-state index < -0.39 is 5.41 Å². The number of phenolic OH excluding ortho intramolecular Hbond substituents is 2. The van der Waals surface area contributed by atoms with Crippen molar-refractivity contribution in [3.8, 4) is 22.6 Å². The van der Waals surface area contributed by atoms with E-state index in [1.807, 2.05) is 12.1 Å². The Kier molecular flexibility index (Phi) is 3.78. The minimum atomic E-state index is -0.510. The quantitative estimate of drug-likeness (QED) is 0.391. The summed E-state index contributed by atoms with van der Waals surface area (Å²) in [6, 6.07) is 28.4. The molecule has 0 saturated heterocycles. The zero-order valence-electron chi connectivity index (χ0n) is 16.5. The van der Waals surface area contributed by atoms with Gasteiger partial charge in [-0.15, -0.1) is 0 Å². The zero-order valence-corrected chi connectivity index (χ0v) is 16.5. The average molecular weight is 378 g/mol. The number of phenols is 2. The van der Waals surface area contributed by atoms with Crippen LogP contribution in [0.5, 0.6) is 11.5 Å². The molecule has 0 fully saturated rings. The molecular weight excluding hydrogens is 356 g/mol. The van der Waals surface area contributed by atoms with Crippen LogP contribution in [0.2, 0.25) is 0 Å². The lowest BCUT2D eigenvalue weighted by Crippen LogP contribution is -2.28. The largest absolute Gasteiger partial charge is 0.508 e. The molecule has 142 valence electrons. The topological polar surface area (TPSA) is 40.5 Å². The van der Waals surface area contributed by atoms with Gasteiger partial charge >= 0.3 is 0 Å². The molecule has 5 rings (SSSR count). The lowest BCUT2D eigenvalue weighted by atomic mass is 9.67. The summed E-state index contributed by atoms with van der Waals surface area (Å²) in [6.45, 7) is 4.22. The van der Waals surface area contributed by atoms with Crippen LogP contribution in [-0.4, -0.2) is 10.2 Å². The molecule has 0 bridgehead atoms. The molecule has 0 saturated carbocycles. The number of aryl methyl sites for hydroxylation is 2. The smallest absolute Gasteiger partial charge is 0.116 e. The number of fused-ring (bicyclic) bond motifs is 3. The Morgan fingerprint density at radius 1 is 0.552 bits per heavy atom. The molecule has 0 unspecified atom stereocenters. The molecule has 2 nitrogen and oxygen atoms in total. The summed E-state index contributed by atoms with van der Waals surface area (Å²) >= 11 is 0. The Balaban J connectivity index is 1.99. The molecule has 0 aliphatic heterocycles. The first kappa shape index (κ1) is 17.6. The van der Waals surface area contributed by atoms with Crippen molar-refractivity contribution in [2.75, 3.05) is 0 Å². The van der Waals surface area contributed by atoms with E-state index in [0.29, 0.717) is 0 Å². The number of aromatic hydroxyl groups is 2. The number of hydrogen-bond donors (Lipinski definition) is 2. The summed E-state index contributed by atoms with van der Waals surface area (Å²) in [5, 5.41) is 20.5. The van der Waals surface area contributed by atoms with Crippen molar-refractivity contribution in [1.29, 1.82) is 0 Å². The number of rotatable bonds is 2. The van der Waals surface area contributed by atoms with Gasteiger partial charge in [-0.3, -0.25) is 0 Å². The Bertz CT molecular complexity index is 1150. The van der Waals surface area contributed by atoms with Crippen LogP contribution in [0.25, 0.3) is 11.1 Å². The Morgan fingerprint density at radius 3 is 1.41 bits per heavy atom. The normalized spacial score (nSPS) is 13.7. The summed E-state index contributed by atoms with van der Waals surface area (Å²) in [5.74, 6) is 0.449. The first-order valence-electron chi connectivity index (χ1n) is 9.82. The molecule has 4 aromatic rings. The van der Waals surface area contributed by atoms with Gasteiger partial charge in [0, 0.05) is 0 Å². The Morgan fingerprint density at radius 2 is 1.00 bits per heavy atom. The van der Waals surface area contributed by atoms with Gasteiger partial charge in [-0.25, -0.2) is 0 Å². The molecule has 2 N–H and O–H groups in total. The summed E-state index contributed by atoms with van der Waals surface area (Å²) in [6.07, 6.45) is 0. The van der Waals surface area contributed by atoms with Crippen molar-refractivity contribution < 1.29 is 10.2 Å². The lowest BCUT2D eigenvalue weighted by molar-refractivity contribution is 0.474. The molecule has 1 aliphatic rings. The van der Waals surface area contributed by atoms with Gasteiger partial charge < -0.3 is 10.2 Å². The molecule has 0 radical (unpaired) electrons. The summed E-state index contributed by atoms with van der Waals surface area (Å²) < 4.78 is 0. The lowest BCUT2D eigenvalue weighted by Gasteiger charge is -2.34. The second-order valence-electron chi connectivity index (χ2n) is 7.95. The third-order valence-electron chi connectivity index (χ3n) is 6.01. The van der Waals surface area contributed by atoms with Crippen molar-refractivity contribution in [3.63, 3.8) is 0 Å². The predicted molar refractivity (Wildman–Crippen MR) is 117 cm³/mol. The van der Waals surface area contributed by atoms with Gasteiger partial charge in [-0.1, -0.05) is 71.8 Å². The first-order chi connectivity index (χ1) is 14.0. The van der Waals surface area contributed by atoms with Crippen LogP contribution in [-0.2, 0) is 5.41 Å². The van der Waals surface area contributed by atoms with Gasteiger partial charge in [0.2, 0.25) is 0 Å². The van der Waals surface area contributed by atoms with Gasteiger partial charge in [0.15, 0.2) is 0 Å². The Hall–Kier alpha value is -3.52. The monoisotopic (exact) mass is 378 g/mol. The molecule has 4 aromatic carbocycles. The van der Waals surface area contributed by atoms with Crippen molar-refractivity contribution >= 4 is 0 Å². The maximum Gasteiger partial charge on any atom is 0.116 e. The van der Waals surface area contributed by atoms with E-state index in [9.17, 15) is 10.2 Å². The summed E-state index contributed by atoms with van der Waals surface area (Å²) in [4.78, 5) is 0. The van der Waals surface area contributed by atoms with E-state index in [1.54, 1.807) is 24.3 Å². The molecular formula is C27H22O2. The summed E-state index contributed by atoms with van der Waals surface area (Å²) in [5.41, 5.74) is 8.39. The summed E-state index contributed by atoms with van der Waals surface area (Å²) in [7, 11) is 0. The fraction of sp³-hybridized carbons (Fsp3) is 0.111. The highest BCUT2D eigenvalue weighted by molar-refractivity contribution is 5.87. The highest BCUT2D eigenvalue weighted by Crippen LogP contribution is 2.57. The molecule has 2 heteroatoms. The van der Waals surface area contributed by atoms with Crippen LogP contribution >= 0.6 is 0 Å². The van der Waals surface area contributed by atoms with Crippen molar-refractivity contribution in [2.45, 2.75) is 19.3 Å². The average Bonchev–Trinajstić information content (AvgIpc) is 2.98. The molecule has 0 aromatic heterocycles. The number of hydrogen-bond acceptors (Lipinski definition) is 2. The molecule has 0 spiro atoms. The highest BCUT2D eigenvalue weighted by atomic mass is 16.3. The Labute approximate surface area is 170 Å². The van der Waals surface area contributed by atoms with Crippen LogP contribution in [0, 0.1) is 13.8 Å². The van der Waals surface area contributed by atoms with Crippen LogP contribution in [0.15, 0.2) is 84.9 Å². The van der Waals surface area contributed by atoms with Crippen LogP contribution in [0.3, 0.4) is 0 Å². The maximum absolute atomic E-state index is 10.2. The zero-order chi connectivity index (χ0) is 20.2. The fourth-order valence-electron chi connectivity index (χ4n) is 4.85. The van der Waals surface area contributed by atoms with Gasteiger partial charge in [-0.2, -0.15) is 0 Å². The molecule has 0 amide bonds. The van der Waals surface area contributed by atoms with Crippen molar-refractivity contribution in [1.82, 2.24) is 0 Å². The standard InChI is InChI=1S/C27H22O2/c1-17-5-3-7-19(13-17)27(20-8-4-6-18(2)14-20)25-11-9-21(28)15-23(25)24-16-22(29)10-12-26(24)27/h3-16,28-29H,1-2H3. The van der Waals surface area contributed by atoms with Gasteiger partial charge in [0.1, 0.15) is 11.5 Å². The minimum absolute atomic E-state index is 0.224. The van der Waals surface area contributed by atoms with E-state index in [2.05, 4.69) is 62.4 Å². The second-order valence-corrected chi connectivity index (χ2v) is 7.95. The van der Waals surface area contributed by atoms with E-state index in [1.165, 1.54) is 22.3 Å². The SMILES string of the molecule is Cc1cccc(C2(c3cccc(C)c3)c3ccc(O)cc3-c3cc(O)ccc32)c1. The third-order valence-corrected chi connectivity index (χ3v) is 6.01. The van der Waals surface area contributed by atoms with Crippen molar-refractivity contribution in [2.24, 2.45) is 0 Å². The molecule has 0 heterocycles. The van der Waals surface area contributed by atoms with E-state index in [4.69, 9.17) is 0 Å². The minimum Gasteiger partial charge on any atom is -0.508 e. The molecule has 29 heavy (non-hydrogen) atoms. The molecule has 1 aliphatic carbocycles. The maximum atomic E-state index is 10.2. The van der Waals surface area contributed by atoms with Crippen LogP contribution in [0.4, 0.5) is 0 Å². The third kappa shape index (κ3) is 2.49. The first-order valence-corrected chi connectivity index (χ1v) is 9.82. The van der Waals surface area contributed by atoms with Crippen LogP contribution in [0.1, 0.15) is 33.4 Å². The van der Waals surface area contributed by atoms with Crippen molar-refractivity contribution in [3.05, 3.63) is 118 Å². The van der Waals surface area contributed by atoms with E-state index in [-0.39, 0.29) is 11.5 Å². The van der Waals surface area contributed by atoms with Gasteiger partial charge in [0.05, 0.1) is 5.41 Å². The molecule has 0 atom stereocenters. The fourth-order valence-corrected chi connectivity index (χ4v) is 4.85. The highest BCUT2D eigenvalue weighted by Gasteiger charge is 2.46. The van der Waals surface area contributed by atoms with Crippen LogP contribution < -0.4 is 0 Å². The van der Waals surface area contributed by atoms with E-state index in [0.717, 1.165) is 22.3 Å². The predicted octanol–water partition coefficient (Wildman–Crippen LogP) is 6.08. The van der Waals surface area contributed by atoms with E-state index >= 15 is 0 Å². The van der Waals surface area contributed by atoms with Gasteiger partial charge in [-0.05, 0) is 71.5 Å². The number of benzene rings is 4. The second kappa shape index (κ2) is 6.25.